The number of hydrogen-bond acceptors (Lipinski definition) is 0. The third-order valence-electron chi connectivity index (χ3n) is 2.92. The molecule has 0 radical (unpaired) electrons. The number of rotatable bonds is 3. The summed E-state index contributed by atoms with van der Waals surface area (Å²) in [6.45, 7) is 6.41. The molecule has 1 rings (SSSR count). The van der Waals surface area contributed by atoms with E-state index in [1.165, 1.54) is 16.7 Å². The summed E-state index contributed by atoms with van der Waals surface area (Å²) in [5.74, 6) is 0. The third kappa shape index (κ3) is 2.85. The van der Waals surface area contributed by atoms with Crippen molar-refractivity contribution in [3.63, 3.8) is 0 Å². The lowest BCUT2D eigenvalue weighted by atomic mass is 9.92. The van der Waals surface area contributed by atoms with Gasteiger partial charge in [-0.1, -0.05) is 67.7 Å². The van der Waals surface area contributed by atoms with Gasteiger partial charge in [-0.15, -0.1) is 0 Å². The molecule has 0 saturated carbocycles. The van der Waals surface area contributed by atoms with Crippen LogP contribution in [-0.4, -0.2) is 0 Å². The predicted molar refractivity (Wildman–Crippen MR) is 73.8 cm³/mol. The van der Waals surface area contributed by atoms with Crippen LogP contribution in [0.5, 0.6) is 0 Å². The first kappa shape index (κ1) is 14.2. The average molecular weight is 280 g/mol. The quantitative estimate of drug-likeness (QED) is 0.667. The SMILES string of the molecule is CCc1ccc(C(Cl)(Cl)Cl)c(CC)c1CC. The van der Waals surface area contributed by atoms with E-state index in [0.717, 1.165) is 24.8 Å². The lowest BCUT2D eigenvalue weighted by molar-refractivity contribution is 0.953. The Labute approximate surface area is 113 Å². The summed E-state index contributed by atoms with van der Waals surface area (Å²) in [4.78, 5) is 0. The number of benzene rings is 1. The van der Waals surface area contributed by atoms with E-state index in [1.54, 1.807) is 0 Å². The zero-order valence-corrected chi connectivity index (χ0v) is 12.2. The van der Waals surface area contributed by atoms with Gasteiger partial charge in [0.05, 0.1) is 0 Å². The maximum atomic E-state index is 6.00. The minimum atomic E-state index is -1.32. The molecule has 0 aliphatic rings. The van der Waals surface area contributed by atoms with Crippen LogP contribution in [0, 0.1) is 0 Å². The molecule has 0 N–H and O–H groups in total. The zero-order chi connectivity index (χ0) is 12.3. The molecule has 0 heterocycles. The van der Waals surface area contributed by atoms with Crippen LogP contribution in [-0.2, 0) is 23.1 Å². The van der Waals surface area contributed by atoms with Crippen molar-refractivity contribution in [2.75, 3.05) is 0 Å². The Morgan fingerprint density at radius 1 is 0.875 bits per heavy atom. The Kier molecular flexibility index (Phi) is 4.97. The van der Waals surface area contributed by atoms with Gasteiger partial charge in [-0.2, -0.15) is 0 Å². The predicted octanol–water partition coefficient (Wildman–Crippen LogP) is 5.20. The minimum Gasteiger partial charge on any atom is -0.0784 e. The maximum Gasteiger partial charge on any atom is 0.216 e. The molecule has 0 spiro atoms. The highest BCUT2D eigenvalue weighted by atomic mass is 35.6. The molecule has 3 heteroatoms. The lowest BCUT2D eigenvalue weighted by Gasteiger charge is -2.21. The van der Waals surface area contributed by atoms with Gasteiger partial charge >= 0.3 is 0 Å². The first-order chi connectivity index (χ1) is 7.45. The molecule has 0 saturated heterocycles. The van der Waals surface area contributed by atoms with Crippen molar-refractivity contribution < 1.29 is 0 Å². The highest BCUT2D eigenvalue weighted by Crippen LogP contribution is 2.41. The standard InChI is InChI=1S/C13H17Cl3/c1-4-9-7-8-12(13(14,15)16)11(6-3)10(9)5-2/h7-8H,4-6H2,1-3H3. The second-order valence-corrected chi connectivity index (χ2v) is 6.07. The zero-order valence-electron chi connectivity index (χ0n) is 9.91. The van der Waals surface area contributed by atoms with Crippen molar-refractivity contribution in [1.29, 1.82) is 0 Å². The van der Waals surface area contributed by atoms with Crippen LogP contribution in [0.2, 0.25) is 0 Å². The van der Waals surface area contributed by atoms with Crippen molar-refractivity contribution in [3.8, 4) is 0 Å². The molecular formula is C13H17Cl3. The van der Waals surface area contributed by atoms with Crippen LogP contribution in [0.25, 0.3) is 0 Å². The van der Waals surface area contributed by atoms with Crippen molar-refractivity contribution in [2.45, 2.75) is 43.8 Å². The molecule has 0 bridgehead atoms. The molecule has 1 aromatic carbocycles. The number of aryl methyl sites for hydroxylation is 1. The van der Waals surface area contributed by atoms with Gasteiger partial charge in [-0.3, -0.25) is 0 Å². The van der Waals surface area contributed by atoms with Crippen LogP contribution >= 0.6 is 34.8 Å². The molecule has 1 aromatic rings. The summed E-state index contributed by atoms with van der Waals surface area (Å²) >= 11 is 18.0. The molecule has 0 fully saturated rings. The Balaban J connectivity index is 3.43. The minimum absolute atomic E-state index is 0.828. The average Bonchev–Trinajstić information content (AvgIpc) is 2.25. The summed E-state index contributed by atoms with van der Waals surface area (Å²) in [6, 6.07) is 4.03. The van der Waals surface area contributed by atoms with E-state index < -0.39 is 3.79 Å². The molecule has 90 valence electrons. The van der Waals surface area contributed by atoms with E-state index >= 15 is 0 Å². The van der Waals surface area contributed by atoms with Crippen LogP contribution in [0.15, 0.2) is 12.1 Å². The van der Waals surface area contributed by atoms with Gasteiger partial charge in [0, 0.05) is 5.56 Å². The number of alkyl halides is 3. The molecule has 0 aliphatic carbocycles. The first-order valence-corrected chi connectivity index (χ1v) is 6.79. The van der Waals surface area contributed by atoms with E-state index in [4.69, 9.17) is 34.8 Å². The molecule has 0 unspecified atom stereocenters. The Hall–Kier alpha value is 0.0900. The van der Waals surface area contributed by atoms with Crippen molar-refractivity contribution >= 4 is 34.8 Å². The summed E-state index contributed by atoms with van der Waals surface area (Å²) in [6.07, 6.45) is 2.91. The molecule has 0 aliphatic heterocycles. The van der Waals surface area contributed by atoms with Gasteiger partial charge in [0.25, 0.3) is 0 Å². The molecule has 0 aromatic heterocycles. The van der Waals surface area contributed by atoms with Gasteiger partial charge in [0.1, 0.15) is 0 Å². The Morgan fingerprint density at radius 3 is 1.81 bits per heavy atom. The lowest BCUT2D eigenvalue weighted by Crippen LogP contribution is -2.09. The Morgan fingerprint density at radius 2 is 1.44 bits per heavy atom. The molecule has 16 heavy (non-hydrogen) atoms. The topological polar surface area (TPSA) is 0 Å². The second-order valence-electron chi connectivity index (χ2n) is 3.79. The van der Waals surface area contributed by atoms with Gasteiger partial charge in [0.2, 0.25) is 3.79 Å². The highest BCUT2D eigenvalue weighted by Gasteiger charge is 2.27. The molecule has 0 amide bonds. The van der Waals surface area contributed by atoms with Gasteiger partial charge in [-0.25, -0.2) is 0 Å². The monoisotopic (exact) mass is 278 g/mol. The number of halogens is 3. The van der Waals surface area contributed by atoms with Crippen molar-refractivity contribution in [3.05, 3.63) is 34.4 Å². The van der Waals surface area contributed by atoms with Gasteiger partial charge < -0.3 is 0 Å². The molecule has 0 atom stereocenters. The second kappa shape index (κ2) is 5.62. The van der Waals surface area contributed by atoms with Crippen LogP contribution in [0.3, 0.4) is 0 Å². The van der Waals surface area contributed by atoms with Crippen LogP contribution < -0.4 is 0 Å². The van der Waals surface area contributed by atoms with E-state index in [1.807, 2.05) is 6.07 Å². The maximum absolute atomic E-state index is 6.00. The van der Waals surface area contributed by atoms with Gasteiger partial charge in [-0.05, 0) is 36.0 Å². The summed E-state index contributed by atoms with van der Waals surface area (Å²) in [7, 11) is 0. The Bertz CT molecular complexity index is 364. The van der Waals surface area contributed by atoms with Crippen molar-refractivity contribution in [1.82, 2.24) is 0 Å². The molecular weight excluding hydrogens is 263 g/mol. The van der Waals surface area contributed by atoms with Crippen LogP contribution in [0.4, 0.5) is 0 Å². The fourth-order valence-electron chi connectivity index (χ4n) is 2.18. The molecule has 0 nitrogen and oxygen atoms in total. The van der Waals surface area contributed by atoms with E-state index in [-0.39, 0.29) is 0 Å². The van der Waals surface area contributed by atoms with E-state index in [9.17, 15) is 0 Å². The fraction of sp³-hybridized carbons (Fsp3) is 0.538. The van der Waals surface area contributed by atoms with Gasteiger partial charge in [0.15, 0.2) is 0 Å². The largest absolute Gasteiger partial charge is 0.216 e. The first-order valence-electron chi connectivity index (χ1n) is 5.66. The smallest absolute Gasteiger partial charge is 0.0784 e. The fourth-order valence-corrected chi connectivity index (χ4v) is 2.71. The summed E-state index contributed by atoms with van der Waals surface area (Å²) in [5, 5.41) is 0. The van der Waals surface area contributed by atoms with E-state index in [2.05, 4.69) is 26.8 Å². The highest BCUT2D eigenvalue weighted by molar-refractivity contribution is 6.66. The van der Waals surface area contributed by atoms with Crippen molar-refractivity contribution in [2.24, 2.45) is 0 Å². The van der Waals surface area contributed by atoms with E-state index in [0.29, 0.717) is 0 Å². The third-order valence-corrected chi connectivity index (χ3v) is 3.53. The number of hydrogen-bond donors (Lipinski definition) is 0. The van der Waals surface area contributed by atoms with Crippen LogP contribution in [0.1, 0.15) is 43.0 Å². The normalized spacial score (nSPS) is 11.9. The summed E-state index contributed by atoms with van der Waals surface area (Å²) in [5.41, 5.74) is 4.72. The summed E-state index contributed by atoms with van der Waals surface area (Å²) < 4.78 is -1.32.